The van der Waals surface area contributed by atoms with Crippen molar-refractivity contribution in [2.45, 2.75) is 6.92 Å². The van der Waals surface area contributed by atoms with Crippen LogP contribution in [0.25, 0.3) is 6.08 Å². The number of nitrogens with zero attached hydrogens (tertiary/aromatic N) is 1. The van der Waals surface area contributed by atoms with Gasteiger partial charge >= 0.3 is 0 Å². The highest BCUT2D eigenvalue weighted by Gasteiger charge is 2.10. The van der Waals surface area contributed by atoms with E-state index in [4.69, 9.17) is 4.74 Å². The highest BCUT2D eigenvalue weighted by atomic mass is 79.9. The molecule has 116 valence electrons. The first-order valence-electron chi connectivity index (χ1n) is 6.87. The van der Waals surface area contributed by atoms with Gasteiger partial charge < -0.3 is 10.1 Å². The van der Waals surface area contributed by atoms with Crippen LogP contribution in [0.15, 0.2) is 52.5 Å². The normalized spacial score (nSPS) is 10.8. The fourth-order valence-corrected chi connectivity index (χ4v) is 2.47. The average Bonchev–Trinajstić information content (AvgIpc) is 2.52. The number of amides is 1. The topological polar surface area (TPSA) is 62.1 Å². The molecule has 0 heterocycles. The molecule has 23 heavy (non-hydrogen) atoms. The highest BCUT2D eigenvalue weighted by Crippen LogP contribution is 2.21. The van der Waals surface area contributed by atoms with Crippen molar-refractivity contribution < 1.29 is 9.53 Å². The third-order valence-corrected chi connectivity index (χ3v) is 3.67. The number of carbonyl (C=O) groups is 1. The second kappa shape index (κ2) is 7.61. The van der Waals surface area contributed by atoms with Gasteiger partial charge in [0.25, 0.3) is 5.91 Å². The molecule has 2 aromatic carbocycles. The van der Waals surface area contributed by atoms with Crippen LogP contribution in [0.5, 0.6) is 5.75 Å². The van der Waals surface area contributed by atoms with E-state index in [0.29, 0.717) is 5.69 Å². The number of rotatable bonds is 4. The molecule has 0 bridgehead atoms. The minimum atomic E-state index is -0.445. The monoisotopic (exact) mass is 370 g/mol. The van der Waals surface area contributed by atoms with Crippen LogP contribution in [0.3, 0.4) is 0 Å². The van der Waals surface area contributed by atoms with E-state index in [1.54, 1.807) is 31.4 Å². The Morgan fingerprint density at radius 1 is 1.30 bits per heavy atom. The summed E-state index contributed by atoms with van der Waals surface area (Å²) >= 11 is 3.34. The van der Waals surface area contributed by atoms with Crippen LogP contribution in [0.4, 0.5) is 5.69 Å². The van der Waals surface area contributed by atoms with Gasteiger partial charge in [0.2, 0.25) is 0 Å². The Bertz CT molecular complexity index is 807. The number of aryl methyl sites for hydroxylation is 1. The summed E-state index contributed by atoms with van der Waals surface area (Å²) in [5, 5.41) is 12.0. The fourth-order valence-electron chi connectivity index (χ4n) is 2.07. The SMILES string of the molecule is COc1ccc(/C=C(/C#N)C(=O)Nc2cccc(Br)c2)cc1C. The maximum atomic E-state index is 12.2. The van der Waals surface area contributed by atoms with E-state index in [2.05, 4.69) is 21.2 Å². The molecule has 0 aliphatic heterocycles. The van der Waals surface area contributed by atoms with Gasteiger partial charge in [0, 0.05) is 10.2 Å². The molecular weight excluding hydrogens is 356 g/mol. The molecule has 2 rings (SSSR count). The van der Waals surface area contributed by atoms with Crippen LogP contribution in [-0.2, 0) is 4.79 Å². The molecule has 0 spiro atoms. The van der Waals surface area contributed by atoms with Gasteiger partial charge in [-0.15, -0.1) is 0 Å². The zero-order valence-corrected chi connectivity index (χ0v) is 14.3. The standard InChI is InChI=1S/C18H15BrN2O2/c1-12-8-13(6-7-17(12)23-2)9-14(11-20)18(22)21-16-5-3-4-15(19)10-16/h3-10H,1-2H3,(H,21,22)/b14-9-. The van der Waals surface area contributed by atoms with E-state index in [-0.39, 0.29) is 5.57 Å². The lowest BCUT2D eigenvalue weighted by Crippen LogP contribution is -2.13. The number of nitrogens with one attached hydrogen (secondary N) is 1. The summed E-state index contributed by atoms with van der Waals surface area (Å²) in [4.78, 5) is 12.2. The Balaban J connectivity index is 2.23. The van der Waals surface area contributed by atoms with Gasteiger partial charge in [-0.3, -0.25) is 4.79 Å². The predicted octanol–water partition coefficient (Wildman–Crippen LogP) is 4.31. The zero-order chi connectivity index (χ0) is 16.8. The molecule has 0 aliphatic carbocycles. The number of nitriles is 1. The van der Waals surface area contributed by atoms with Crippen molar-refractivity contribution >= 4 is 33.6 Å². The molecule has 0 aliphatic rings. The number of halogens is 1. The number of hydrogen-bond acceptors (Lipinski definition) is 3. The smallest absolute Gasteiger partial charge is 0.266 e. The summed E-state index contributed by atoms with van der Waals surface area (Å²) in [6.45, 7) is 1.91. The maximum Gasteiger partial charge on any atom is 0.266 e. The maximum absolute atomic E-state index is 12.2. The first-order valence-corrected chi connectivity index (χ1v) is 7.66. The molecule has 0 saturated carbocycles. The minimum absolute atomic E-state index is 0.0366. The molecule has 1 amide bonds. The minimum Gasteiger partial charge on any atom is -0.496 e. The third-order valence-electron chi connectivity index (χ3n) is 3.18. The van der Waals surface area contributed by atoms with Crippen molar-refractivity contribution in [2.24, 2.45) is 0 Å². The summed E-state index contributed by atoms with van der Waals surface area (Å²) < 4.78 is 6.05. The average molecular weight is 371 g/mol. The second-order valence-corrected chi connectivity index (χ2v) is 5.78. The Hall–Kier alpha value is -2.58. The number of carbonyl (C=O) groups excluding carboxylic acids is 1. The largest absolute Gasteiger partial charge is 0.496 e. The van der Waals surface area contributed by atoms with E-state index >= 15 is 0 Å². The number of ether oxygens (including phenoxy) is 1. The molecule has 0 aromatic heterocycles. The van der Waals surface area contributed by atoms with Crippen molar-refractivity contribution in [3.05, 3.63) is 63.6 Å². The van der Waals surface area contributed by atoms with Gasteiger partial charge in [0.05, 0.1) is 7.11 Å². The molecule has 0 unspecified atom stereocenters. The summed E-state index contributed by atoms with van der Waals surface area (Å²) in [7, 11) is 1.60. The quantitative estimate of drug-likeness (QED) is 0.644. The van der Waals surface area contributed by atoms with Crippen molar-refractivity contribution in [3.8, 4) is 11.8 Å². The molecule has 0 fully saturated rings. The van der Waals surface area contributed by atoms with Crippen molar-refractivity contribution in [3.63, 3.8) is 0 Å². The predicted molar refractivity (Wildman–Crippen MR) is 94.1 cm³/mol. The number of benzene rings is 2. The Morgan fingerprint density at radius 2 is 2.09 bits per heavy atom. The third kappa shape index (κ3) is 4.44. The van der Waals surface area contributed by atoms with Gasteiger partial charge in [0.15, 0.2) is 0 Å². The van der Waals surface area contributed by atoms with Gasteiger partial charge in [-0.05, 0) is 54.5 Å². The molecule has 4 nitrogen and oxygen atoms in total. The molecular formula is C18H15BrN2O2. The molecule has 2 aromatic rings. The summed E-state index contributed by atoms with van der Waals surface area (Å²) in [6, 6.07) is 14.6. The van der Waals surface area contributed by atoms with Gasteiger partial charge in [-0.25, -0.2) is 0 Å². The summed E-state index contributed by atoms with van der Waals surface area (Å²) in [5.74, 6) is 0.318. The van der Waals surface area contributed by atoms with Gasteiger partial charge in [0.1, 0.15) is 17.4 Å². The number of methoxy groups -OCH3 is 1. The van der Waals surface area contributed by atoms with Gasteiger partial charge in [-0.2, -0.15) is 5.26 Å². The summed E-state index contributed by atoms with van der Waals surface area (Å²) in [5.41, 5.74) is 2.36. The lowest BCUT2D eigenvalue weighted by atomic mass is 10.1. The van der Waals surface area contributed by atoms with Crippen LogP contribution < -0.4 is 10.1 Å². The molecule has 0 atom stereocenters. The lowest BCUT2D eigenvalue weighted by Gasteiger charge is -2.06. The first-order chi connectivity index (χ1) is 11.0. The molecule has 1 N–H and O–H groups in total. The van der Waals surface area contributed by atoms with Crippen LogP contribution in [0, 0.1) is 18.3 Å². The fraction of sp³-hybridized carbons (Fsp3) is 0.111. The molecule has 0 radical (unpaired) electrons. The molecule has 5 heteroatoms. The summed E-state index contributed by atoms with van der Waals surface area (Å²) in [6.07, 6.45) is 1.56. The van der Waals surface area contributed by atoms with Gasteiger partial charge in [-0.1, -0.05) is 28.1 Å². The highest BCUT2D eigenvalue weighted by molar-refractivity contribution is 9.10. The van der Waals surface area contributed by atoms with Crippen LogP contribution in [0.2, 0.25) is 0 Å². The molecule has 0 saturated heterocycles. The van der Waals surface area contributed by atoms with E-state index in [9.17, 15) is 10.1 Å². The number of anilines is 1. The van der Waals surface area contributed by atoms with Crippen molar-refractivity contribution in [1.82, 2.24) is 0 Å². The van der Waals surface area contributed by atoms with E-state index < -0.39 is 5.91 Å². The van der Waals surface area contributed by atoms with Crippen molar-refractivity contribution in [2.75, 3.05) is 12.4 Å². The second-order valence-electron chi connectivity index (χ2n) is 4.86. The lowest BCUT2D eigenvalue weighted by molar-refractivity contribution is -0.112. The van der Waals surface area contributed by atoms with Crippen LogP contribution >= 0.6 is 15.9 Å². The Labute approximate surface area is 143 Å². The number of hydrogen-bond donors (Lipinski definition) is 1. The van der Waals surface area contributed by atoms with E-state index in [1.165, 1.54) is 0 Å². The first kappa shape index (κ1) is 16.8. The zero-order valence-electron chi connectivity index (χ0n) is 12.8. The van der Waals surface area contributed by atoms with Crippen LogP contribution in [-0.4, -0.2) is 13.0 Å². The van der Waals surface area contributed by atoms with E-state index in [0.717, 1.165) is 21.3 Å². The van der Waals surface area contributed by atoms with E-state index in [1.807, 2.05) is 37.3 Å². The Morgan fingerprint density at radius 3 is 2.70 bits per heavy atom. The Kier molecular flexibility index (Phi) is 5.56. The van der Waals surface area contributed by atoms with Crippen LogP contribution in [0.1, 0.15) is 11.1 Å². The van der Waals surface area contributed by atoms with Crippen molar-refractivity contribution in [1.29, 1.82) is 5.26 Å².